The summed E-state index contributed by atoms with van der Waals surface area (Å²) < 4.78 is 12.8. The van der Waals surface area contributed by atoms with Gasteiger partial charge in [0.1, 0.15) is 11.4 Å². The van der Waals surface area contributed by atoms with E-state index in [1.54, 1.807) is 0 Å². The molecule has 0 N–H and O–H groups in total. The van der Waals surface area contributed by atoms with Crippen molar-refractivity contribution in [2.24, 2.45) is 4.99 Å². The maximum atomic E-state index is 13.6. The van der Waals surface area contributed by atoms with Gasteiger partial charge < -0.3 is 9.16 Å². The number of carbonyl (C=O) groups excluding carboxylic acids is 1. The lowest BCUT2D eigenvalue weighted by Gasteiger charge is -2.42. The molecule has 3 aromatic carbocycles. The van der Waals surface area contributed by atoms with E-state index in [2.05, 4.69) is 47.6 Å². The highest BCUT2D eigenvalue weighted by Crippen LogP contribution is 2.42. The van der Waals surface area contributed by atoms with Gasteiger partial charge in [0.15, 0.2) is 6.04 Å². The third-order valence-corrected chi connectivity index (χ3v) is 13.4. The van der Waals surface area contributed by atoms with E-state index in [4.69, 9.17) is 14.2 Å². The van der Waals surface area contributed by atoms with Crippen LogP contribution < -0.4 is 4.43 Å². The van der Waals surface area contributed by atoms with E-state index in [0.29, 0.717) is 23.0 Å². The van der Waals surface area contributed by atoms with Gasteiger partial charge in [-0.3, -0.25) is 4.99 Å². The highest BCUT2D eigenvalue weighted by Gasteiger charge is 2.47. The molecule has 0 unspecified atom stereocenters. The lowest BCUT2D eigenvalue weighted by Crippen LogP contribution is -2.50. The summed E-state index contributed by atoms with van der Waals surface area (Å²) in [5.74, 6) is 0.539. The van der Waals surface area contributed by atoms with Crippen molar-refractivity contribution in [2.75, 3.05) is 0 Å². The predicted octanol–water partition coefficient (Wildman–Crippen LogP) is 9.03. The first-order valence-corrected chi connectivity index (χ1v) is 16.7. The van der Waals surface area contributed by atoms with Crippen molar-refractivity contribution in [1.29, 1.82) is 0 Å². The second kappa shape index (κ2) is 13.4. The van der Waals surface area contributed by atoms with Crippen molar-refractivity contribution in [2.45, 2.75) is 97.0 Å². The number of nitrogens with zero attached hydrogens (tertiary/aromatic N) is 1. The zero-order valence-electron chi connectivity index (χ0n) is 25.8. The third kappa shape index (κ3) is 7.94. The van der Waals surface area contributed by atoms with Crippen LogP contribution in [0.15, 0.2) is 89.9 Å². The zero-order chi connectivity index (χ0) is 29.5. The molecule has 0 radical (unpaired) electrons. The van der Waals surface area contributed by atoms with E-state index >= 15 is 0 Å². The summed E-state index contributed by atoms with van der Waals surface area (Å²) in [5, 5.41) is 0. The van der Waals surface area contributed by atoms with Gasteiger partial charge in [-0.2, -0.15) is 0 Å². The van der Waals surface area contributed by atoms with Gasteiger partial charge >= 0.3 is 5.97 Å². The number of aliphatic imine (C=N–C) groups is 1. The van der Waals surface area contributed by atoms with Crippen LogP contribution in [-0.2, 0) is 16.0 Å². The standard InChI is InChI=1S/C35H47NO3Si/c1-25(2)40(26(3)4,27(5)6)39-31-22-16-17-28(23-31)24-32(34(37)38-35(7,8)9)36-33(29-18-12-10-13-19-29)30-20-14-11-15-21-30/h10-23,25-27,32H,24H2,1-9H3/t32-/m0/s1. The van der Waals surface area contributed by atoms with Crippen molar-refractivity contribution < 1.29 is 14.0 Å². The first-order valence-electron chi connectivity index (χ1n) is 14.5. The number of rotatable bonds is 11. The lowest BCUT2D eigenvalue weighted by molar-refractivity contribution is -0.156. The summed E-state index contributed by atoms with van der Waals surface area (Å²) in [4.78, 5) is 18.7. The van der Waals surface area contributed by atoms with Gasteiger partial charge in [-0.1, -0.05) is 114 Å². The van der Waals surface area contributed by atoms with Gasteiger partial charge in [-0.15, -0.1) is 0 Å². The van der Waals surface area contributed by atoms with Crippen molar-refractivity contribution >= 4 is 20.0 Å². The molecule has 3 aromatic rings. The summed E-state index contributed by atoms with van der Waals surface area (Å²) in [7, 11) is -2.12. The molecule has 0 saturated heterocycles. The minimum absolute atomic E-state index is 0.335. The van der Waals surface area contributed by atoms with Crippen molar-refractivity contribution in [3.05, 3.63) is 102 Å². The fourth-order valence-corrected chi connectivity index (χ4v) is 11.0. The van der Waals surface area contributed by atoms with Gasteiger partial charge in [-0.25, -0.2) is 4.79 Å². The molecule has 0 amide bonds. The molecule has 1 atom stereocenters. The van der Waals surface area contributed by atoms with Gasteiger partial charge in [-0.05, 0) is 55.1 Å². The molecule has 5 heteroatoms. The molecule has 0 aliphatic rings. The van der Waals surface area contributed by atoms with Gasteiger partial charge in [0, 0.05) is 17.5 Å². The minimum Gasteiger partial charge on any atom is -0.543 e. The maximum Gasteiger partial charge on any atom is 0.331 e. The molecule has 0 aliphatic heterocycles. The van der Waals surface area contributed by atoms with E-state index in [9.17, 15) is 4.79 Å². The highest BCUT2D eigenvalue weighted by molar-refractivity contribution is 6.78. The van der Waals surface area contributed by atoms with E-state index in [-0.39, 0.29) is 5.97 Å². The van der Waals surface area contributed by atoms with Crippen molar-refractivity contribution in [1.82, 2.24) is 0 Å². The van der Waals surface area contributed by atoms with E-state index in [1.165, 1.54) is 0 Å². The van der Waals surface area contributed by atoms with Crippen LogP contribution in [0.1, 0.15) is 79.0 Å². The molecular formula is C35H47NO3Si. The average molecular weight is 558 g/mol. The molecule has 0 bridgehead atoms. The monoisotopic (exact) mass is 557 g/mol. The first kappa shape index (κ1) is 31.3. The summed E-state index contributed by atoms with van der Waals surface area (Å²) in [5.41, 5.74) is 4.47. The third-order valence-electron chi connectivity index (χ3n) is 7.39. The Labute approximate surface area is 243 Å². The van der Waals surface area contributed by atoms with Crippen LogP contribution in [0.3, 0.4) is 0 Å². The largest absolute Gasteiger partial charge is 0.543 e. The quantitative estimate of drug-likeness (QED) is 0.134. The van der Waals surface area contributed by atoms with Crippen LogP contribution in [0.5, 0.6) is 5.75 Å². The molecular weight excluding hydrogens is 510 g/mol. The second-order valence-electron chi connectivity index (χ2n) is 12.5. The molecule has 0 aromatic heterocycles. The number of carbonyl (C=O) groups is 1. The summed E-state index contributed by atoms with van der Waals surface area (Å²) in [6.07, 6.45) is 0.412. The SMILES string of the molecule is CC(C)[Si](Oc1cccc(C[C@H](N=C(c2ccccc2)c2ccccc2)C(=O)OC(C)(C)C)c1)(C(C)C)C(C)C. The van der Waals surface area contributed by atoms with Crippen LogP contribution in [0.25, 0.3) is 0 Å². The zero-order valence-corrected chi connectivity index (χ0v) is 26.8. The Balaban J connectivity index is 2.06. The van der Waals surface area contributed by atoms with E-state index < -0.39 is 20.0 Å². The van der Waals surface area contributed by atoms with Gasteiger partial charge in [0.25, 0.3) is 8.32 Å². The fourth-order valence-electron chi connectivity index (χ4n) is 5.73. The minimum atomic E-state index is -2.12. The molecule has 214 valence electrons. The smallest absolute Gasteiger partial charge is 0.331 e. The Morgan fingerprint density at radius 3 is 1.70 bits per heavy atom. The number of esters is 1. The first-order chi connectivity index (χ1) is 18.8. The van der Waals surface area contributed by atoms with Crippen LogP contribution in [0.2, 0.25) is 16.6 Å². The molecule has 4 nitrogen and oxygen atoms in total. The molecule has 0 aliphatic carbocycles. The molecule has 0 saturated carbocycles. The number of ether oxygens (including phenoxy) is 1. The number of hydrogen-bond donors (Lipinski definition) is 0. The van der Waals surface area contributed by atoms with Crippen LogP contribution in [-0.4, -0.2) is 31.6 Å². The van der Waals surface area contributed by atoms with E-state index in [1.807, 2.05) is 99.6 Å². The Hall–Kier alpha value is -3.18. The number of hydrogen-bond acceptors (Lipinski definition) is 4. The second-order valence-corrected chi connectivity index (χ2v) is 17.9. The lowest BCUT2D eigenvalue weighted by atomic mass is 10.0. The van der Waals surface area contributed by atoms with Crippen LogP contribution >= 0.6 is 0 Å². The van der Waals surface area contributed by atoms with E-state index in [0.717, 1.165) is 28.2 Å². The summed E-state index contributed by atoms with van der Waals surface area (Å²) >= 11 is 0. The fraction of sp³-hybridized carbons (Fsp3) is 0.429. The van der Waals surface area contributed by atoms with Crippen molar-refractivity contribution in [3.63, 3.8) is 0 Å². The van der Waals surface area contributed by atoms with Crippen LogP contribution in [0.4, 0.5) is 0 Å². The molecule has 0 fully saturated rings. The molecule has 40 heavy (non-hydrogen) atoms. The normalized spacial score (nSPS) is 12.9. The Morgan fingerprint density at radius 1 is 0.750 bits per heavy atom. The Bertz CT molecular complexity index is 1200. The number of benzene rings is 3. The topological polar surface area (TPSA) is 47.9 Å². The molecule has 0 heterocycles. The highest BCUT2D eigenvalue weighted by atomic mass is 28.4. The Morgan fingerprint density at radius 2 is 1.25 bits per heavy atom. The molecule has 3 rings (SSSR count). The predicted molar refractivity (Wildman–Crippen MR) is 170 cm³/mol. The van der Waals surface area contributed by atoms with Gasteiger partial charge in [0.05, 0.1) is 5.71 Å². The summed E-state index contributed by atoms with van der Waals surface area (Å²) in [6, 6.07) is 27.5. The average Bonchev–Trinajstić information content (AvgIpc) is 2.89. The summed E-state index contributed by atoms with van der Waals surface area (Å²) in [6.45, 7) is 19.4. The Kier molecular flexibility index (Phi) is 10.5. The maximum absolute atomic E-state index is 13.6. The van der Waals surface area contributed by atoms with Crippen LogP contribution in [0, 0.1) is 0 Å². The molecule has 0 spiro atoms. The van der Waals surface area contributed by atoms with Gasteiger partial charge in [0.2, 0.25) is 0 Å². The van der Waals surface area contributed by atoms with Crippen molar-refractivity contribution in [3.8, 4) is 5.75 Å².